The van der Waals surface area contributed by atoms with Crippen LogP contribution in [0.3, 0.4) is 0 Å². The number of hydrogen-bond donors (Lipinski definition) is 1. The molecular formula is C10H11BrN4. The number of hydrogen-bond acceptors (Lipinski definition) is 3. The van der Waals surface area contributed by atoms with Gasteiger partial charge < -0.3 is 5.73 Å². The van der Waals surface area contributed by atoms with E-state index in [1.165, 1.54) is 0 Å². The smallest absolute Gasteiger partial charge is 0.156 e. The van der Waals surface area contributed by atoms with Gasteiger partial charge >= 0.3 is 0 Å². The molecule has 0 spiro atoms. The lowest BCUT2D eigenvalue weighted by atomic mass is 9.80. The summed E-state index contributed by atoms with van der Waals surface area (Å²) in [7, 11) is 0. The van der Waals surface area contributed by atoms with Gasteiger partial charge in [0.15, 0.2) is 11.5 Å². The highest BCUT2D eigenvalue weighted by Crippen LogP contribution is 2.33. The van der Waals surface area contributed by atoms with E-state index in [1.54, 1.807) is 0 Å². The molecule has 0 saturated heterocycles. The van der Waals surface area contributed by atoms with E-state index in [2.05, 4.69) is 26.0 Å². The SMILES string of the molecule is NC1CC(c2nc3cc(Br)ccn3n2)C1. The van der Waals surface area contributed by atoms with E-state index in [-0.39, 0.29) is 0 Å². The number of halogens is 1. The van der Waals surface area contributed by atoms with Gasteiger partial charge in [-0.25, -0.2) is 9.50 Å². The zero-order valence-corrected chi connectivity index (χ0v) is 9.68. The first-order chi connectivity index (χ1) is 7.22. The first-order valence-corrected chi connectivity index (χ1v) is 5.79. The fraction of sp³-hybridized carbons (Fsp3) is 0.400. The number of rotatable bonds is 1. The predicted molar refractivity (Wildman–Crippen MR) is 60.6 cm³/mol. The summed E-state index contributed by atoms with van der Waals surface area (Å²) in [5.74, 6) is 1.38. The summed E-state index contributed by atoms with van der Waals surface area (Å²) in [5, 5.41) is 4.44. The molecule has 78 valence electrons. The van der Waals surface area contributed by atoms with E-state index in [1.807, 2.05) is 22.8 Å². The number of nitrogens with zero attached hydrogens (tertiary/aromatic N) is 3. The second-order valence-electron chi connectivity index (χ2n) is 4.05. The molecule has 0 radical (unpaired) electrons. The Kier molecular flexibility index (Phi) is 2.03. The highest BCUT2D eigenvalue weighted by atomic mass is 79.9. The van der Waals surface area contributed by atoms with Crippen molar-refractivity contribution in [1.82, 2.24) is 14.6 Å². The Morgan fingerprint density at radius 2 is 2.27 bits per heavy atom. The molecule has 3 rings (SSSR count). The van der Waals surface area contributed by atoms with Crippen LogP contribution in [0.15, 0.2) is 22.8 Å². The predicted octanol–water partition coefficient (Wildman–Crippen LogP) is 1.70. The molecule has 5 heteroatoms. The van der Waals surface area contributed by atoms with Crippen molar-refractivity contribution in [3.05, 3.63) is 28.6 Å². The highest BCUT2D eigenvalue weighted by molar-refractivity contribution is 9.10. The molecule has 2 aromatic rings. The van der Waals surface area contributed by atoms with E-state index in [9.17, 15) is 0 Å². The van der Waals surface area contributed by atoms with Crippen molar-refractivity contribution in [2.24, 2.45) is 5.73 Å². The summed E-state index contributed by atoms with van der Waals surface area (Å²) in [5.41, 5.74) is 6.64. The summed E-state index contributed by atoms with van der Waals surface area (Å²) in [4.78, 5) is 4.50. The number of nitrogens with two attached hydrogens (primary N) is 1. The minimum atomic E-state index is 0.341. The molecule has 0 aliphatic heterocycles. The average Bonchev–Trinajstić information content (AvgIpc) is 2.55. The third-order valence-corrected chi connectivity index (χ3v) is 3.35. The van der Waals surface area contributed by atoms with Crippen molar-refractivity contribution in [3.8, 4) is 0 Å². The molecule has 0 amide bonds. The molecule has 0 aromatic carbocycles. The van der Waals surface area contributed by atoms with Gasteiger partial charge in [-0.3, -0.25) is 0 Å². The van der Waals surface area contributed by atoms with Crippen LogP contribution in [-0.4, -0.2) is 20.6 Å². The number of fused-ring (bicyclic) bond motifs is 1. The monoisotopic (exact) mass is 266 g/mol. The molecule has 0 unspecified atom stereocenters. The Morgan fingerprint density at radius 3 is 3.00 bits per heavy atom. The van der Waals surface area contributed by atoms with Gasteiger partial charge in [-0.2, -0.15) is 5.10 Å². The van der Waals surface area contributed by atoms with Crippen molar-refractivity contribution in [2.75, 3.05) is 0 Å². The molecule has 0 atom stereocenters. The molecule has 1 aliphatic carbocycles. The molecule has 2 aromatic heterocycles. The third kappa shape index (κ3) is 1.55. The van der Waals surface area contributed by atoms with Gasteiger partial charge in [0.25, 0.3) is 0 Å². The van der Waals surface area contributed by atoms with Gasteiger partial charge in [0.1, 0.15) is 0 Å². The van der Waals surface area contributed by atoms with Crippen LogP contribution < -0.4 is 5.73 Å². The van der Waals surface area contributed by atoms with Gasteiger partial charge in [-0.05, 0) is 25.0 Å². The van der Waals surface area contributed by atoms with Crippen LogP contribution in [0.4, 0.5) is 0 Å². The lowest BCUT2D eigenvalue weighted by molar-refractivity contribution is 0.338. The largest absolute Gasteiger partial charge is 0.328 e. The Balaban J connectivity index is 1.99. The summed E-state index contributed by atoms with van der Waals surface area (Å²) < 4.78 is 2.84. The van der Waals surface area contributed by atoms with Crippen LogP contribution in [-0.2, 0) is 0 Å². The molecule has 1 saturated carbocycles. The van der Waals surface area contributed by atoms with E-state index in [4.69, 9.17) is 5.73 Å². The molecule has 0 bridgehead atoms. The van der Waals surface area contributed by atoms with Crippen LogP contribution in [0.1, 0.15) is 24.6 Å². The highest BCUT2D eigenvalue weighted by Gasteiger charge is 2.30. The molecule has 2 heterocycles. The van der Waals surface area contributed by atoms with Gasteiger partial charge in [-0.15, -0.1) is 0 Å². The minimum Gasteiger partial charge on any atom is -0.328 e. The van der Waals surface area contributed by atoms with Crippen molar-refractivity contribution in [2.45, 2.75) is 24.8 Å². The Bertz CT molecular complexity index is 501. The Labute approximate surface area is 95.6 Å². The van der Waals surface area contributed by atoms with Gasteiger partial charge in [0, 0.05) is 22.6 Å². The second-order valence-corrected chi connectivity index (χ2v) is 4.96. The van der Waals surface area contributed by atoms with Crippen molar-refractivity contribution >= 4 is 21.6 Å². The van der Waals surface area contributed by atoms with Crippen molar-refractivity contribution in [1.29, 1.82) is 0 Å². The van der Waals surface area contributed by atoms with Crippen LogP contribution in [0.2, 0.25) is 0 Å². The average molecular weight is 267 g/mol. The molecule has 2 N–H and O–H groups in total. The van der Waals surface area contributed by atoms with E-state index >= 15 is 0 Å². The first-order valence-electron chi connectivity index (χ1n) is 5.00. The summed E-state index contributed by atoms with van der Waals surface area (Å²) >= 11 is 3.42. The first kappa shape index (κ1) is 9.30. The van der Waals surface area contributed by atoms with Gasteiger partial charge in [0.2, 0.25) is 0 Å². The van der Waals surface area contributed by atoms with E-state index in [0.29, 0.717) is 12.0 Å². The van der Waals surface area contributed by atoms with Crippen LogP contribution in [0, 0.1) is 0 Å². The minimum absolute atomic E-state index is 0.341. The fourth-order valence-corrected chi connectivity index (χ4v) is 2.24. The maximum Gasteiger partial charge on any atom is 0.156 e. The van der Waals surface area contributed by atoms with Crippen molar-refractivity contribution < 1.29 is 0 Å². The number of aromatic nitrogens is 3. The van der Waals surface area contributed by atoms with Gasteiger partial charge in [-0.1, -0.05) is 15.9 Å². The molecule has 1 aliphatic rings. The summed E-state index contributed by atoms with van der Waals surface area (Å²) in [6.07, 6.45) is 3.94. The van der Waals surface area contributed by atoms with E-state index < -0.39 is 0 Å². The maximum atomic E-state index is 5.75. The number of pyridine rings is 1. The summed E-state index contributed by atoms with van der Waals surface area (Å²) in [6, 6.07) is 4.26. The molecule has 4 nitrogen and oxygen atoms in total. The Morgan fingerprint density at radius 1 is 1.47 bits per heavy atom. The quantitative estimate of drug-likeness (QED) is 0.855. The van der Waals surface area contributed by atoms with Crippen molar-refractivity contribution in [3.63, 3.8) is 0 Å². The van der Waals surface area contributed by atoms with Crippen LogP contribution in [0.5, 0.6) is 0 Å². The standard InChI is InChI=1S/C10H11BrN4/c11-7-1-2-15-9(5-7)13-10(14-15)6-3-8(12)4-6/h1-2,5-6,8H,3-4,12H2. The topological polar surface area (TPSA) is 56.2 Å². The normalized spacial score (nSPS) is 25.5. The van der Waals surface area contributed by atoms with E-state index in [0.717, 1.165) is 28.8 Å². The molecule has 1 fully saturated rings. The third-order valence-electron chi connectivity index (χ3n) is 2.86. The van der Waals surface area contributed by atoms with Crippen LogP contribution in [0.25, 0.3) is 5.65 Å². The molecular weight excluding hydrogens is 256 g/mol. The zero-order chi connectivity index (χ0) is 10.4. The fourth-order valence-electron chi connectivity index (χ4n) is 1.92. The summed E-state index contributed by atoms with van der Waals surface area (Å²) in [6.45, 7) is 0. The zero-order valence-electron chi connectivity index (χ0n) is 8.10. The lowest BCUT2D eigenvalue weighted by Crippen LogP contribution is -2.35. The van der Waals surface area contributed by atoms with Gasteiger partial charge in [0.05, 0.1) is 0 Å². The lowest BCUT2D eigenvalue weighted by Gasteiger charge is -2.29. The van der Waals surface area contributed by atoms with Crippen LogP contribution >= 0.6 is 15.9 Å². The second kappa shape index (κ2) is 3.28. The Hall–Kier alpha value is -0.940. The molecule has 15 heavy (non-hydrogen) atoms. The maximum absolute atomic E-state index is 5.75.